The van der Waals surface area contributed by atoms with Gasteiger partial charge in [0.1, 0.15) is 0 Å². The lowest BCUT2D eigenvalue weighted by Crippen LogP contribution is -2.36. The fourth-order valence-corrected chi connectivity index (χ4v) is 3.72. The molecule has 1 N–H and O–H groups in total. The first-order valence-electron chi connectivity index (χ1n) is 7.36. The molecule has 2 aromatic carbocycles. The van der Waals surface area contributed by atoms with Crippen LogP contribution in [-0.2, 0) is 19.3 Å². The van der Waals surface area contributed by atoms with Gasteiger partial charge in [0.15, 0.2) is 0 Å². The van der Waals surface area contributed by atoms with Crippen LogP contribution in [0.1, 0.15) is 16.7 Å². The summed E-state index contributed by atoms with van der Waals surface area (Å²) in [6.07, 6.45) is 3.19. The second-order valence-corrected chi connectivity index (χ2v) is 6.53. The number of rotatable bonds is 4. The summed E-state index contributed by atoms with van der Waals surface area (Å²) in [6.45, 7) is 0. The minimum absolute atomic E-state index is 0.411. The van der Waals surface area contributed by atoms with Gasteiger partial charge in [0, 0.05) is 6.04 Å². The number of fused-ring (bicyclic) bond motifs is 1. The maximum Gasteiger partial charge on any atom is 0.0624 e. The second kappa shape index (κ2) is 6.39. The first-order valence-corrected chi connectivity index (χ1v) is 8.11. The van der Waals surface area contributed by atoms with E-state index in [0.29, 0.717) is 22.0 Å². The molecule has 2 aromatic rings. The van der Waals surface area contributed by atoms with E-state index in [1.54, 1.807) is 0 Å². The van der Waals surface area contributed by atoms with E-state index >= 15 is 0 Å². The summed E-state index contributed by atoms with van der Waals surface area (Å²) in [4.78, 5) is 0. The fraction of sp³-hybridized carbons (Fsp3) is 0.333. The first-order chi connectivity index (χ1) is 10.2. The molecular weight excluding hydrogens is 301 g/mol. The molecular formula is C18H19Cl2N. The standard InChI is InChI=1S/C18H19Cl2N/c1-21-17(11-14-7-4-8-16(19)18(14)20)15-9-12-5-2-3-6-13(12)10-15/h2-8,15,17,21H,9-11H2,1H3. The number of likely N-dealkylation sites (N-methyl/N-ethyl adjacent to an activating group) is 1. The smallest absolute Gasteiger partial charge is 0.0624 e. The highest BCUT2D eigenvalue weighted by Crippen LogP contribution is 2.32. The van der Waals surface area contributed by atoms with E-state index in [4.69, 9.17) is 23.2 Å². The molecule has 0 saturated carbocycles. The van der Waals surface area contributed by atoms with Gasteiger partial charge in [-0.2, -0.15) is 0 Å². The van der Waals surface area contributed by atoms with Crippen molar-refractivity contribution in [3.8, 4) is 0 Å². The van der Waals surface area contributed by atoms with Crippen molar-refractivity contribution >= 4 is 23.2 Å². The fourth-order valence-electron chi connectivity index (χ4n) is 3.32. The van der Waals surface area contributed by atoms with Crippen LogP contribution in [-0.4, -0.2) is 13.1 Å². The number of benzene rings is 2. The van der Waals surface area contributed by atoms with Crippen molar-refractivity contribution in [3.63, 3.8) is 0 Å². The maximum absolute atomic E-state index is 6.33. The summed E-state index contributed by atoms with van der Waals surface area (Å²) in [5.41, 5.74) is 4.10. The SMILES string of the molecule is CNC(Cc1cccc(Cl)c1Cl)C1Cc2ccccc2C1. The lowest BCUT2D eigenvalue weighted by molar-refractivity contribution is 0.383. The van der Waals surface area contributed by atoms with E-state index < -0.39 is 0 Å². The molecule has 0 aliphatic heterocycles. The van der Waals surface area contributed by atoms with Gasteiger partial charge in [-0.05, 0) is 55.0 Å². The Morgan fingerprint density at radius 3 is 2.33 bits per heavy atom. The van der Waals surface area contributed by atoms with Crippen LogP contribution in [0.3, 0.4) is 0 Å². The molecule has 1 unspecified atom stereocenters. The van der Waals surface area contributed by atoms with Crippen molar-refractivity contribution in [2.45, 2.75) is 25.3 Å². The predicted molar refractivity (Wildman–Crippen MR) is 90.4 cm³/mol. The van der Waals surface area contributed by atoms with Crippen molar-refractivity contribution in [1.82, 2.24) is 5.32 Å². The summed E-state index contributed by atoms with van der Waals surface area (Å²) in [6, 6.07) is 15.0. The molecule has 1 atom stereocenters. The third kappa shape index (κ3) is 3.11. The Kier molecular flexibility index (Phi) is 4.54. The molecule has 1 aliphatic rings. The maximum atomic E-state index is 6.33. The molecule has 3 heteroatoms. The molecule has 1 aliphatic carbocycles. The van der Waals surface area contributed by atoms with E-state index in [-0.39, 0.29) is 0 Å². The largest absolute Gasteiger partial charge is 0.316 e. The number of hydrogen-bond donors (Lipinski definition) is 1. The molecule has 0 radical (unpaired) electrons. The molecule has 0 amide bonds. The van der Waals surface area contributed by atoms with E-state index in [1.807, 2.05) is 19.2 Å². The Morgan fingerprint density at radius 1 is 1.05 bits per heavy atom. The number of nitrogens with one attached hydrogen (secondary N) is 1. The summed E-state index contributed by atoms with van der Waals surface area (Å²) in [5, 5.41) is 4.80. The summed E-state index contributed by atoms with van der Waals surface area (Å²) < 4.78 is 0. The van der Waals surface area contributed by atoms with E-state index in [9.17, 15) is 0 Å². The molecule has 0 heterocycles. The molecule has 3 rings (SSSR count). The van der Waals surface area contributed by atoms with Crippen LogP contribution in [0.15, 0.2) is 42.5 Å². The van der Waals surface area contributed by atoms with Crippen LogP contribution in [0, 0.1) is 5.92 Å². The van der Waals surface area contributed by atoms with Gasteiger partial charge in [0.25, 0.3) is 0 Å². The highest BCUT2D eigenvalue weighted by molar-refractivity contribution is 6.42. The van der Waals surface area contributed by atoms with E-state index in [1.165, 1.54) is 11.1 Å². The quantitative estimate of drug-likeness (QED) is 0.872. The molecule has 110 valence electrons. The van der Waals surface area contributed by atoms with Crippen LogP contribution < -0.4 is 5.32 Å². The van der Waals surface area contributed by atoms with Crippen molar-refractivity contribution in [1.29, 1.82) is 0 Å². The molecule has 0 aromatic heterocycles. The van der Waals surface area contributed by atoms with Crippen LogP contribution in [0.2, 0.25) is 10.0 Å². The van der Waals surface area contributed by atoms with E-state index in [0.717, 1.165) is 24.8 Å². The first kappa shape index (κ1) is 14.9. The summed E-state index contributed by atoms with van der Waals surface area (Å²) in [5.74, 6) is 0.613. The molecule has 0 spiro atoms. The molecule has 21 heavy (non-hydrogen) atoms. The summed E-state index contributed by atoms with van der Waals surface area (Å²) in [7, 11) is 2.03. The zero-order valence-corrected chi connectivity index (χ0v) is 13.6. The Bertz CT molecular complexity index is 614. The van der Waals surface area contributed by atoms with Gasteiger partial charge in [-0.25, -0.2) is 0 Å². The lowest BCUT2D eigenvalue weighted by Gasteiger charge is -2.23. The molecule has 0 saturated heterocycles. The molecule has 0 fully saturated rings. The minimum Gasteiger partial charge on any atom is -0.316 e. The van der Waals surface area contributed by atoms with Gasteiger partial charge in [0.05, 0.1) is 10.0 Å². The van der Waals surface area contributed by atoms with Crippen LogP contribution in [0.4, 0.5) is 0 Å². The summed E-state index contributed by atoms with van der Waals surface area (Å²) >= 11 is 12.5. The van der Waals surface area contributed by atoms with Crippen molar-refractivity contribution in [3.05, 3.63) is 69.2 Å². The highest BCUT2D eigenvalue weighted by atomic mass is 35.5. The third-order valence-corrected chi connectivity index (χ3v) is 5.35. The van der Waals surface area contributed by atoms with Crippen molar-refractivity contribution in [2.75, 3.05) is 7.05 Å². The Hall–Kier alpha value is -1.02. The third-order valence-electron chi connectivity index (χ3n) is 4.49. The minimum atomic E-state index is 0.411. The lowest BCUT2D eigenvalue weighted by atomic mass is 9.91. The van der Waals surface area contributed by atoms with Gasteiger partial charge in [-0.3, -0.25) is 0 Å². The number of hydrogen-bond acceptors (Lipinski definition) is 1. The predicted octanol–water partition coefficient (Wildman–Crippen LogP) is 4.54. The highest BCUT2D eigenvalue weighted by Gasteiger charge is 2.28. The molecule has 0 bridgehead atoms. The second-order valence-electron chi connectivity index (χ2n) is 5.75. The van der Waals surface area contributed by atoms with Crippen molar-refractivity contribution in [2.24, 2.45) is 5.92 Å². The average Bonchev–Trinajstić information content (AvgIpc) is 2.92. The molecule has 1 nitrogen and oxygen atoms in total. The van der Waals surface area contributed by atoms with Gasteiger partial charge in [-0.1, -0.05) is 59.6 Å². The van der Waals surface area contributed by atoms with Gasteiger partial charge in [-0.15, -0.1) is 0 Å². The van der Waals surface area contributed by atoms with Crippen LogP contribution in [0.5, 0.6) is 0 Å². The van der Waals surface area contributed by atoms with Gasteiger partial charge < -0.3 is 5.32 Å². The van der Waals surface area contributed by atoms with E-state index in [2.05, 4.69) is 35.6 Å². The number of halogens is 2. The Balaban J connectivity index is 1.77. The Morgan fingerprint density at radius 2 is 1.71 bits per heavy atom. The van der Waals surface area contributed by atoms with Crippen LogP contribution in [0.25, 0.3) is 0 Å². The zero-order valence-electron chi connectivity index (χ0n) is 12.1. The monoisotopic (exact) mass is 319 g/mol. The zero-order chi connectivity index (χ0) is 14.8. The van der Waals surface area contributed by atoms with Gasteiger partial charge >= 0.3 is 0 Å². The normalized spacial score (nSPS) is 16.0. The average molecular weight is 320 g/mol. The van der Waals surface area contributed by atoms with Crippen LogP contribution >= 0.6 is 23.2 Å². The van der Waals surface area contributed by atoms with Crippen molar-refractivity contribution < 1.29 is 0 Å². The van der Waals surface area contributed by atoms with Gasteiger partial charge in [0.2, 0.25) is 0 Å². The topological polar surface area (TPSA) is 12.0 Å². The Labute approximate surface area is 136 Å².